The van der Waals surface area contributed by atoms with Crippen LogP contribution in [0.4, 0.5) is 5.69 Å². The maximum Gasteiger partial charge on any atom is 0.237 e. The number of thioether (sulfide) groups is 1. The van der Waals surface area contributed by atoms with Gasteiger partial charge >= 0.3 is 0 Å². The van der Waals surface area contributed by atoms with Crippen molar-refractivity contribution in [1.82, 2.24) is 14.9 Å². The average Bonchev–Trinajstić information content (AvgIpc) is 3.04. The Kier molecular flexibility index (Phi) is 6.46. The van der Waals surface area contributed by atoms with Gasteiger partial charge in [0.25, 0.3) is 0 Å². The molecule has 7 heteroatoms. The molecule has 6 nitrogen and oxygen atoms in total. The molecule has 0 aliphatic rings. The van der Waals surface area contributed by atoms with Crippen LogP contribution in [-0.2, 0) is 10.2 Å². The number of benzene rings is 2. The van der Waals surface area contributed by atoms with Gasteiger partial charge in [0.1, 0.15) is 0 Å². The molecule has 1 aromatic heterocycles. The zero-order chi connectivity index (χ0) is 22.9. The number of nitrogens with two attached hydrogens (primary N) is 1. The third-order valence-corrected chi connectivity index (χ3v) is 6.31. The van der Waals surface area contributed by atoms with Crippen molar-refractivity contribution < 1.29 is 4.79 Å². The fourth-order valence-electron chi connectivity index (χ4n) is 3.49. The lowest BCUT2D eigenvalue weighted by molar-refractivity contribution is -0.115. The quantitative estimate of drug-likeness (QED) is 0.433. The Hall–Kier alpha value is -2.80. The SMILES string of the molecule is Cc1cc(C)c(NC(=O)C(C)Sc2nnc(-c3ccc(C(C)(C)C)cc3)n2N)c(C)c1. The van der Waals surface area contributed by atoms with Crippen LogP contribution in [0.1, 0.15) is 49.9 Å². The number of nitrogens with one attached hydrogen (secondary N) is 1. The van der Waals surface area contributed by atoms with Gasteiger partial charge < -0.3 is 11.2 Å². The van der Waals surface area contributed by atoms with Crippen molar-refractivity contribution >= 4 is 23.4 Å². The Morgan fingerprint density at radius 1 is 1.06 bits per heavy atom. The fraction of sp³-hybridized carbons (Fsp3) is 0.375. The Morgan fingerprint density at radius 3 is 2.19 bits per heavy atom. The third kappa shape index (κ3) is 5.10. The van der Waals surface area contributed by atoms with Crippen LogP contribution in [0, 0.1) is 20.8 Å². The van der Waals surface area contributed by atoms with Crippen LogP contribution >= 0.6 is 11.8 Å². The number of nitrogens with zero attached hydrogens (tertiary/aromatic N) is 3. The average molecular weight is 438 g/mol. The second kappa shape index (κ2) is 8.75. The molecule has 0 bridgehead atoms. The van der Waals surface area contributed by atoms with E-state index in [2.05, 4.69) is 60.6 Å². The van der Waals surface area contributed by atoms with Crippen molar-refractivity contribution in [3.8, 4) is 11.4 Å². The van der Waals surface area contributed by atoms with E-state index in [1.54, 1.807) is 0 Å². The largest absolute Gasteiger partial charge is 0.335 e. The third-order valence-electron chi connectivity index (χ3n) is 5.25. The summed E-state index contributed by atoms with van der Waals surface area (Å²) < 4.78 is 1.45. The Balaban J connectivity index is 1.74. The number of aromatic nitrogens is 3. The van der Waals surface area contributed by atoms with Crippen molar-refractivity contribution in [2.45, 2.75) is 64.3 Å². The van der Waals surface area contributed by atoms with Gasteiger partial charge in [0, 0.05) is 11.3 Å². The van der Waals surface area contributed by atoms with Gasteiger partial charge in [-0.05, 0) is 49.8 Å². The molecule has 0 aliphatic carbocycles. The molecule has 164 valence electrons. The van der Waals surface area contributed by atoms with Gasteiger partial charge in [0.05, 0.1) is 5.25 Å². The summed E-state index contributed by atoms with van der Waals surface area (Å²) in [7, 11) is 0. The topological polar surface area (TPSA) is 85.8 Å². The van der Waals surface area contributed by atoms with Crippen molar-refractivity contribution in [3.63, 3.8) is 0 Å². The molecule has 0 spiro atoms. The molecule has 0 saturated heterocycles. The van der Waals surface area contributed by atoms with Crippen molar-refractivity contribution in [2.24, 2.45) is 0 Å². The molecule has 3 aromatic rings. The maximum atomic E-state index is 12.8. The standard InChI is InChI=1S/C24H31N5OS/c1-14-12-15(2)20(16(3)13-14)26-22(30)17(4)31-23-28-27-21(29(23)25)18-8-10-19(11-9-18)24(5,6)7/h8-13,17H,25H2,1-7H3,(H,26,30). The van der Waals surface area contributed by atoms with E-state index in [0.717, 1.165) is 22.4 Å². The molecule has 0 fully saturated rings. The van der Waals surface area contributed by atoms with Gasteiger partial charge in [-0.3, -0.25) is 4.79 Å². The Bertz CT molecular complexity index is 1070. The molecule has 0 saturated carbocycles. The van der Waals surface area contributed by atoms with E-state index in [9.17, 15) is 4.79 Å². The van der Waals surface area contributed by atoms with E-state index in [1.165, 1.54) is 27.6 Å². The molecule has 0 aliphatic heterocycles. The number of hydrogen-bond donors (Lipinski definition) is 2. The van der Waals surface area contributed by atoms with E-state index in [-0.39, 0.29) is 16.6 Å². The summed E-state index contributed by atoms with van der Waals surface area (Å²) in [5, 5.41) is 11.6. The Labute approximate surface area is 188 Å². The zero-order valence-electron chi connectivity index (χ0n) is 19.3. The van der Waals surface area contributed by atoms with Crippen LogP contribution < -0.4 is 11.2 Å². The molecule has 2 aromatic carbocycles. The van der Waals surface area contributed by atoms with Crippen LogP contribution in [0.3, 0.4) is 0 Å². The summed E-state index contributed by atoms with van der Waals surface area (Å²) in [6, 6.07) is 12.3. The van der Waals surface area contributed by atoms with E-state index in [0.29, 0.717) is 11.0 Å². The second-order valence-corrected chi connectivity index (χ2v) is 10.3. The summed E-state index contributed by atoms with van der Waals surface area (Å²) in [4.78, 5) is 12.8. The van der Waals surface area contributed by atoms with Crippen LogP contribution in [0.25, 0.3) is 11.4 Å². The highest BCUT2D eigenvalue weighted by Crippen LogP contribution is 2.29. The van der Waals surface area contributed by atoms with Gasteiger partial charge in [-0.2, -0.15) is 0 Å². The van der Waals surface area contributed by atoms with Crippen molar-refractivity contribution in [1.29, 1.82) is 0 Å². The summed E-state index contributed by atoms with van der Waals surface area (Å²) in [5.74, 6) is 6.74. The van der Waals surface area contributed by atoms with E-state index in [1.807, 2.05) is 39.8 Å². The van der Waals surface area contributed by atoms with Crippen LogP contribution in [-0.4, -0.2) is 26.0 Å². The molecule has 31 heavy (non-hydrogen) atoms. The van der Waals surface area contributed by atoms with Gasteiger partial charge in [-0.1, -0.05) is 74.5 Å². The minimum atomic E-state index is -0.386. The summed E-state index contributed by atoms with van der Waals surface area (Å²) in [6.07, 6.45) is 0. The van der Waals surface area contributed by atoms with E-state index in [4.69, 9.17) is 5.84 Å². The van der Waals surface area contributed by atoms with Crippen molar-refractivity contribution in [2.75, 3.05) is 11.2 Å². The monoisotopic (exact) mass is 437 g/mol. The first-order chi connectivity index (χ1) is 14.5. The first-order valence-electron chi connectivity index (χ1n) is 10.3. The number of rotatable bonds is 5. The molecular formula is C24H31N5OS. The maximum absolute atomic E-state index is 12.8. The molecule has 1 heterocycles. The highest BCUT2D eigenvalue weighted by atomic mass is 32.2. The molecular weight excluding hydrogens is 406 g/mol. The lowest BCUT2D eigenvalue weighted by atomic mass is 9.87. The predicted octanol–water partition coefficient (Wildman–Crippen LogP) is 5.00. The number of anilines is 1. The minimum absolute atomic E-state index is 0.0763. The Morgan fingerprint density at radius 2 is 1.65 bits per heavy atom. The highest BCUT2D eigenvalue weighted by Gasteiger charge is 2.21. The number of carbonyl (C=O) groups excluding carboxylic acids is 1. The number of amides is 1. The lowest BCUT2D eigenvalue weighted by Crippen LogP contribution is -2.24. The highest BCUT2D eigenvalue weighted by molar-refractivity contribution is 8.00. The molecule has 0 radical (unpaired) electrons. The zero-order valence-corrected chi connectivity index (χ0v) is 20.1. The summed E-state index contributed by atoms with van der Waals surface area (Å²) in [6.45, 7) is 14.4. The second-order valence-electron chi connectivity index (χ2n) is 9.03. The molecule has 1 atom stereocenters. The summed E-state index contributed by atoms with van der Waals surface area (Å²) >= 11 is 1.29. The number of hydrogen-bond acceptors (Lipinski definition) is 5. The van der Waals surface area contributed by atoms with Crippen LogP contribution in [0.2, 0.25) is 0 Å². The van der Waals surface area contributed by atoms with Gasteiger partial charge in [0.2, 0.25) is 11.1 Å². The molecule has 1 amide bonds. The lowest BCUT2D eigenvalue weighted by Gasteiger charge is -2.19. The minimum Gasteiger partial charge on any atom is -0.335 e. The summed E-state index contributed by atoms with van der Waals surface area (Å²) in [5.41, 5.74) is 6.33. The van der Waals surface area contributed by atoms with Crippen LogP contribution in [0.5, 0.6) is 0 Å². The van der Waals surface area contributed by atoms with E-state index >= 15 is 0 Å². The van der Waals surface area contributed by atoms with Crippen molar-refractivity contribution in [3.05, 3.63) is 58.7 Å². The first-order valence-corrected chi connectivity index (χ1v) is 11.2. The molecule has 1 unspecified atom stereocenters. The van der Waals surface area contributed by atoms with Gasteiger partial charge in [0.15, 0.2) is 5.82 Å². The van der Waals surface area contributed by atoms with Gasteiger partial charge in [-0.15, -0.1) is 10.2 Å². The smallest absolute Gasteiger partial charge is 0.237 e. The van der Waals surface area contributed by atoms with Gasteiger partial charge in [-0.25, -0.2) is 4.68 Å². The number of carbonyl (C=O) groups is 1. The number of aryl methyl sites for hydroxylation is 3. The van der Waals surface area contributed by atoms with E-state index < -0.39 is 0 Å². The molecule has 3 rings (SSSR count). The number of nitrogen functional groups attached to an aromatic ring is 1. The first kappa shape index (κ1) is 22.9. The molecule has 3 N–H and O–H groups in total. The normalized spacial score (nSPS) is 12.6. The predicted molar refractivity (Wildman–Crippen MR) is 129 cm³/mol. The van der Waals surface area contributed by atoms with Crippen LogP contribution in [0.15, 0.2) is 41.6 Å². The fourth-order valence-corrected chi connectivity index (χ4v) is 4.26.